The Morgan fingerprint density at radius 1 is 0.315 bits per heavy atom. The van der Waals surface area contributed by atoms with Crippen molar-refractivity contribution in [1.29, 1.82) is 0 Å². The molecule has 0 aliphatic carbocycles. The summed E-state index contributed by atoms with van der Waals surface area (Å²) >= 11 is 0. The molecule has 0 fully saturated rings. The van der Waals surface area contributed by atoms with Crippen LogP contribution in [0.15, 0.2) is 205 Å². The van der Waals surface area contributed by atoms with Crippen LogP contribution in [-0.4, -0.2) is 0 Å². The molecule has 0 bridgehead atoms. The summed E-state index contributed by atoms with van der Waals surface area (Å²) < 4.78 is 6.61. The smallest absolute Gasteiger partial charge is 0.159 e. The maximum absolute atomic E-state index is 6.61. The molecule has 0 unspecified atom stereocenters. The van der Waals surface area contributed by atoms with Crippen LogP contribution >= 0.6 is 0 Å². The van der Waals surface area contributed by atoms with Gasteiger partial charge in [0.2, 0.25) is 0 Å². The minimum atomic E-state index is 0.870. The fourth-order valence-electron chi connectivity index (χ4n) is 8.51. The second-order valence-electron chi connectivity index (χ2n) is 14.1. The molecule has 2 heteroatoms. The van der Waals surface area contributed by atoms with E-state index in [0.29, 0.717) is 0 Å². The molecule has 0 saturated carbocycles. The van der Waals surface area contributed by atoms with Crippen LogP contribution in [-0.2, 0) is 0 Å². The number of nitrogens with zero attached hydrogens (tertiary/aromatic N) is 1. The second-order valence-corrected chi connectivity index (χ2v) is 14.1. The molecule has 0 N–H and O–H groups in total. The highest BCUT2D eigenvalue weighted by molar-refractivity contribution is 6.22. The first-order valence-electron chi connectivity index (χ1n) is 18.5. The zero-order valence-corrected chi connectivity index (χ0v) is 29.4. The van der Waals surface area contributed by atoms with E-state index < -0.39 is 0 Å². The Labute approximate surface area is 312 Å². The summed E-state index contributed by atoms with van der Waals surface area (Å²) in [7, 11) is 0. The third kappa shape index (κ3) is 4.81. The minimum Gasteiger partial charge on any atom is -0.454 e. The van der Waals surface area contributed by atoms with Crippen LogP contribution in [0.5, 0.6) is 0 Å². The lowest BCUT2D eigenvalue weighted by atomic mass is 9.92. The molecule has 11 aromatic rings. The first-order valence-corrected chi connectivity index (χ1v) is 18.5. The minimum absolute atomic E-state index is 0.870. The van der Waals surface area contributed by atoms with Crippen LogP contribution in [0.25, 0.3) is 87.3 Å². The van der Waals surface area contributed by atoms with Gasteiger partial charge in [-0.1, -0.05) is 164 Å². The van der Waals surface area contributed by atoms with Crippen molar-refractivity contribution in [3.05, 3.63) is 200 Å². The summed E-state index contributed by atoms with van der Waals surface area (Å²) in [6.07, 6.45) is 0. The van der Waals surface area contributed by atoms with E-state index in [1.54, 1.807) is 0 Å². The summed E-state index contributed by atoms with van der Waals surface area (Å²) in [4.78, 5) is 2.32. The lowest BCUT2D eigenvalue weighted by molar-refractivity contribution is 0.669. The van der Waals surface area contributed by atoms with Crippen molar-refractivity contribution in [3.8, 4) is 22.3 Å². The van der Waals surface area contributed by atoms with E-state index in [0.717, 1.165) is 39.0 Å². The highest BCUT2D eigenvalue weighted by Gasteiger charge is 2.20. The van der Waals surface area contributed by atoms with Gasteiger partial charge in [0, 0.05) is 22.1 Å². The summed E-state index contributed by atoms with van der Waals surface area (Å²) in [6.45, 7) is 0. The van der Waals surface area contributed by atoms with Crippen LogP contribution in [0, 0.1) is 0 Å². The van der Waals surface area contributed by atoms with Crippen molar-refractivity contribution >= 4 is 82.1 Å². The van der Waals surface area contributed by atoms with E-state index >= 15 is 0 Å². The number of benzene rings is 10. The van der Waals surface area contributed by atoms with E-state index in [4.69, 9.17) is 4.42 Å². The number of anilines is 3. The third-order valence-corrected chi connectivity index (χ3v) is 11.1. The zero-order chi connectivity index (χ0) is 35.6. The molecule has 10 aromatic carbocycles. The molecular formula is C52H33NO. The first-order chi connectivity index (χ1) is 26.8. The lowest BCUT2D eigenvalue weighted by Crippen LogP contribution is -2.10. The Balaban J connectivity index is 1.06. The summed E-state index contributed by atoms with van der Waals surface area (Å²) in [6, 6.07) is 72.2. The first kappa shape index (κ1) is 30.5. The highest BCUT2D eigenvalue weighted by Crippen LogP contribution is 2.44. The monoisotopic (exact) mass is 687 g/mol. The zero-order valence-electron chi connectivity index (χ0n) is 29.4. The van der Waals surface area contributed by atoms with E-state index in [-0.39, 0.29) is 0 Å². The summed E-state index contributed by atoms with van der Waals surface area (Å²) in [5, 5.41) is 12.4. The SMILES string of the molecule is c1ccc2c(-c3ccc(N(c4ccc(-c5cccc6c5ccc5ccc7ccccc7c56)cc4)c4cccc5c4oc4ccccc45)cc3)cccc2c1. The van der Waals surface area contributed by atoms with Gasteiger partial charge in [0.05, 0.1) is 5.69 Å². The Morgan fingerprint density at radius 2 is 0.833 bits per heavy atom. The van der Waals surface area contributed by atoms with Gasteiger partial charge in [-0.05, 0) is 102 Å². The molecule has 54 heavy (non-hydrogen) atoms. The largest absolute Gasteiger partial charge is 0.454 e. The predicted molar refractivity (Wildman–Crippen MR) is 229 cm³/mol. The third-order valence-electron chi connectivity index (χ3n) is 11.1. The molecular weight excluding hydrogens is 655 g/mol. The number of hydrogen-bond donors (Lipinski definition) is 0. The number of para-hydroxylation sites is 2. The van der Waals surface area contributed by atoms with Gasteiger partial charge in [-0.25, -0.2) is 0 Å². The predicted octanol–water partition coefficient (Wildman–Crippen LogP) is 15.0. The topological polar surface area (TPSA) is 16.4 Å². The standard InChI is InChI=1S/C52H33NO/c1-3-13-41-34(10-1)12-7-16-42(41)36-24-29-39(30-25-36)53(49-20-9-19-48-46-15-5-6-21-50(46)54-52(48)49)40-31-26-37(27-32-40)43-17-8-18-47-45(43)33-28-38-23-22-35-11-2-4-14-44(35)51(38)47/h1-33H. The van der Waals surface area contributed by atoms with Gasteiger partial charge in [-0.15, -0.1) is 0 Å². The van der Waals surface area contributed by atoms with Gasteiger partial charge in [-0.3, -0.25) is 0 Å². The fourth-order valence-corrected chi connectivity index (χ4v) is 8.51. The summed E-state index contributed by atoms with van der Waals surface area (Å²) in [5.74, 6) is 0. The maximum Gasteiger partial charge on any atom is 0.159 e. The van der Waals surface area contributed by atoms with Crippen LogP contribution < -0.4 is 4.90 Å². The number of hydrogen-bond acceptors (Lipinski definition) is 2. The molecule has 1 heterocycles. The van der Waals surface area contributed by atoms with E-state index in [9.17, 15) is 0 Å². The Hall–Kier alpha value is -7.16. The van der Waals surface area contributed by atoms with Gasteiger partial charge >= 0.3 is 0 Å². The molecule has 0 amide bonds. The van der Waals surface area contributed by atoms with Crippen molar-refractivity contribution in [1.82, 2.24) is 0 Å². The molecule has 0 radical (unpaired) electrons. The van der Waals surface area contributed by atoms with Crippen LogP contribution in [0.1, 0.15) is 0 Å². The summed E-state index contributed by atoms with van der Waals surface area (Å²) in [5.41, 5.74) is 9.68. The maximum atomic E-state index is 6.61. The molecule has 252 valence electrons. The number of furan rings is 1. The van der Waals surface area contributed by atoms with E-state index in [1.807, 2.05) is 12.1 Å². The normalized spacial score (nSPS) is 11.7. The average molecular weight is 688 g/mol. The van der Waals surface area contributed by atoms with Crippen LogP contribution in [0.4, 0.5) is 17.1 Å². The average Bonchev–Trinajstić information content (AvgIpc) is 3.63. The van der Waals surface area contributed by atoms with Crippen LogP contribution in [0.3, 0.4) is 0 Å². The van der Waals surface area contributed by atoms with Gasteiger partial charge in [0.25, 0.3) is 0 Å². The molecule has 0 spiro atoms. The number of rotatable bonds is 5. The molecule has 0 atom stereocenters. The van der Waals surface area contributed by atoms with Gasteiger partial charge in [-0.2, -0.15) is 0 Å². The molecule has 0 aliphatic rings. The van der Waals surface area contributed by atoms with Crippen molar-refractivity contribution in [2.24, 2.45) is 0 Å². The Morgan fingerprint density at radius 3 is 1.59 bits per heavy atom. The van der Waals surface area contributed by atoms with Crippen molar-refractivity contribution in [2.75, 3.05) is 4.90 Å². The van der Waals surface area contributed by atoms with E-state index in [2.05, 4.69) is 193 Å². The van der Waals surface area contributed by atoms with Crippen LogP contribution in [0.2, 0.25) is 0 Å². The molecule has 2 nitrogen and oxygen atoms in total. The van der Waals surface area contributed by atoms with Crippen molar-refractivity contribution < 1.29 is 4.42 Å². The second kappa shape index (κ2) is 12.2. The van der Waals surface area contributed by atoms with E-state index in [1.165, 1.54) is 65.3 Å². The molecule has 0 saturated heterocycles. The quantitative estimate of drug-likeness (QED) is 0.168. The highest BCUT2D eigenvalue weighted by atomic mass is 16.3. The van der Waals surface area contributed by atoms with Gasteiger partial charge in [0.1, 0.15) is 5.58 Å². The number of fused-ring (bicyclic) bond motifs is 9. The van der Waals surface area contributed by atoms with Crippen molar-refractivity contribution in [3.63, 3.8) is 0 Å². The lowest BCUT2D eigenvalue weighted by Gasteiger charge is -2.26. The molecule has 1 aromatic heterocycles. The Bertz CT molecular complexity index is 3200. The van der Waals surface area contributed by atoms with Gasteiger partial charge in [0.15, 0.2) is 5.58 Å². The Kier molecular flexibility index (Phi) is 6.90. The van der Waals surface area contributed by atoms with Gasteiger partial charge < -0.3 is 9.32 Å². The molecule has 11 rings (SSSR count). The van der Waals surface area contributed by atoms with Crippen molar-refractivity contribution in [2.45, 2.75) is 0 Å². The fraction of sp³-hybridized carbons (Fsp3) is 0. The molecule has 0 aliphatic heterocycles.